The third-order valence-corrected chi connectivity index (χ3v) is 3.86. The van der Waals surface area contributed by atoms with Crippen LogP contribution in [0.5, 0.6) is 5.75 Å². The fourth-order valence-corrected chi connectivity index (χ4v) is 2.21. The maximum atomic E-state index is 12.0. The van der Waals surface area contributed by atoms with Crippen molar-refractivity contribution in [2.45, 2.75) is 26.2 Å². The van der Waals surface area contributed by atoms with Gasteiger partial charge in [-0.2, -0.15) is 5.10 Å². The van der Waals surface area contributed by atoms with E-state index in [0.717, 1.165) is 22.9 Å². The molecule has 25 heavy (non-hydrogen) atoms. The molecule has 0 heterocycles. The van der Waals surface area contributed by atoms with Gasteiger partial charge in [-0.05, 0) is 60.5 Å². The number of hydrogen-bond donors (Lipinski definition) is 1. The molecule has 0 atom stereocenters. The summed E-state index contributed by atoms with van der Waals surface area (Å²) in [7, 11) is 0. The molecule has 0 aliphatic heterocycles. The van der Waals surface area contributed by atoms with E-state index in [9.17, 15) is 9.59 Å². The summed E-state index contributed by atoms with van der Waals surface area (Å²) in [5.74, 6) is -0.0766. The van der Waals surface area contributed by atoms with Gasteiger partial charge < -0.3 is 4.74 Å². The summed E-state index contributed by atoms with van der Waals surface area (Å²) in [6, 6.07) is 13.8. The van der Waals surface area contributed by atoms with Crippen molar-refractivity contribution in [3.05, 3.63) is 64.1 Å². The lowest BCUT2D eigenvalue weighted by atomic mass is 10.2. The number of rotatable bonds is 7. The van der Waals surface area contributed by atoms with Crippen LogP contribution >= 0.6 is 15.9 Å². The third-order valence-electron chi connectivity index (χ3n) is 3.33. The van der Waals surface area contributed by atoms with Crippen molar-refractivity contribution < 1.29 is 14.3 Å². The summed E-state index contributed by atoms with van der Waals surface area (Å²) < 4.78 is 6.21. The molecule has 5 nitrogen and oxygen atoms in total. The SMILES string of the molecule is CCCCC(=O)N/N=C/c1ccc(OC(=O)c2ccc(Br)cc2)cc1. The number of carbonyl (C=O) groups excluding carboxylic acids is 2. The monoisotopic (exact) mass is 402 g/mol. The fourth-order valence-electron chi connectivity index (χ4n) is 1.95. The number of ether oxygens (including phenoxy) is 1. The van der Waals surface area contributed by atoms with E-state index >= 15 is 0 Å². The number of hydrogen-bond acceptors (Lipinski definition) is 4. The van der Waals surface area contributed by atoms with Crippen molar-refractivity contribution >= 4 is 34.0 Å². The minimum atomic E-state index is -0.419. The highest BCUT2D eigenvalue weighted by Gasteiger charge is 2.08. The smallest absolute Gasteiger partial charge is 0.343 e. The second-order valence-corrected chi connectivity index (χ2v) is 6.28. The van der Waals surface area contributed by atoms with Crippen LogP contribution in [0.3, 0.4) is 0 Å². The van der Waals surface area contributed by atoms with Gasteiger partial charge in [0.25, 0.3) is 0 Å². The van der Waals surface area contributed by atoms with Gasteiger partial charge in [0.15, 0.2) is 0 Å². The number of hydrazone groups is 1. The minimum Gasteiger partial charge on any atom is -0.423 e. The molecule has 2 aromatic carbocycles. The molecule has 0 fully saturated rings. The Labute approximate surface area is 155 Å². The number of esters is 1. The Kier molecular flexibility index (Phi) is 7.35. The molecule has 0 aliphatic carbocycles. The first-order valence-electron chi connectivity index (χ1n) is 7.98. The van der Waals surface area contributed by atoms with Crippen molar-refractivity contribution in [3.63, 3.8) is 0 Å². The summed E-state index contributed by atoms with van der Waals surface area (Å²) >= 11 is 3.32. The maximum absolute atomic E-state index is 12.0. The number of amides is 1. The number of halogens is 1. The number of benzene rings is 2. The van der Waals surface area contributed by atoms with Crippen molar-refractivity contribution in [2.24, 2.45) is 5.10 Å². The Morgan fingerprint density at radius 3 is 2.44 bits per heavy atom. The Morgan fingerprint density at radius 2 is 1.80 bits per heavy atom. The fraction of sp³-hybridized carbons (Fsp3) is 0.211. The van der Waals surface area contributed by atoms with Crippen LogP contribution in [0, 0.1) is 0 Å². The van der Waals surface area contributed by atoms with Crippen LogP contribution in [0.2, 0.25) is 0 Å². The number of unbranched alkanes of at least 4 members (excludes halogenated alkanes) is 1. The first kappa shape index (κ1) is 18.9. The molecule has 0 unspecified atom stereocenters. The topological polar surface area (TPSA) is 67.8 Å². The lowest BCUT2D eigenvalue weighted by Gasteiger charge is -2.04. The minimum absolute atomic E-state index is 0.0989. The van der Waals surface area contributed by atoms with Gasteiger partial charge in [-0.15, -0.1) is 0 Å². The molecule has 0 aromatic heterocycles. The van der Waals surface area contributed by atoms with Gasteiger partial charge >= 0.3 is 5.97 Å². The molecule has 1 amide bonds. The normalized spacial score (nSPS) is 10.6. The zero-order valence-electron chi connectivity index (χ0n) is 13.9. The van der Waals surface area contributed by atoms with E-state index in [1.165, 1.54) is 0 Å². The molecule has 6 heteroatoms. The zero-order valence-corrected chi connectivity index (χ0v) is 15.5. The predicted molar refractivity (Wildman–Crippen MR) is 101 cm³/mol. The molecule has 0 aliphatic rings. The summed E-state index contributed by atoms with van der Waals surface area (Å²) in [4.78, 5) is 23.5. The zero-order chi connectivity index (χ0) is 18.1. The Hall–Kier alpha value is -2.47. The van der Waals surface area contributed by atoms with Gasteiger partial charge in [-0.3, -0.25) is 4.79 Å². The maximum Gasteiger partial charge on any atom is 0.343 e. The van der Waals surface area contributed by atoms with Crippen LogP contribution in [0.25, 0.3) is 0 Å². The molecular weight excluding hydrogens is 384 g/mol. The number of nitrogens with one attached hydrogen (secondary N) is 1. The van der Waals surface area contributed by atoms with Crippen molar-refractivity contribution in [1.82, 2.24) is 5.43 Å². The molecular formula is C19H19BrN2O3. The Balaban J connectivity index is 1.88. The van der Waals surface area contributed by atoms with Gasteiger partial charge in [0.05, 0.1) is 11.8 Å². The van der Waals surface area contributed by atoms with E-state index in [-0.39, 0.29) is 5.91 Å². The molecule has 0 spiro atoms. The van der Waals surface area contributed by atoms with Crippen LogP contribution < -0.4 is 10.2 Å². The van der Waals surface area contributed by atoms with Crippen molar-refractivity contribution in [2.75, 3.05) is 0 Å². The standard InChI is InChI=1S/C19H19BrN2O3/c1-2-3-4-18(23)22-21-13-14-5-11-17(12-6-14)25-19(24)15-7-9-16(20)10-8-15/h5-13H,2-4H2,1H3,(H,22,23)/b21-13+. The van der Waals surface area contributed by atoms with Gasteiger partial charge in [-0.1, -0.05) is 29.3 Å². The van der Waals surface area contributed by atoms with E-state index in [1.54, 1.807) is 54.7 Å². The van der Waals surface area contributed by atoms with Crippen LogP contribution in [0.4, 0.5) is 0 Å². The van der Waals surface area contributed by atoms with E-state index in [0.29, 0.717) is 17.7 Å². The van der Waals surface area contributed by atoms with Crippen molar-refractivity contribution in [3.8, 4) is 5.75 Å². The lowest BCUT2D eigenvalue weighted by molar-refractivity contribution is -0.121. The van der Waals surface area contributed by atoms with Crippen molar-refractivity contribution in [1.29, 1.82) is 0 Å². The van der Waals surface area contributed by atoms with Gasteiger partial charge in [0.1, 0.15) is 5.75 Å². The summed E-state index contributed by atoms with van der Waals surface area (Å²) in [6.07, 6.45) is 3.83. The molecule has 2 rings (SSSR count). The predicted octanol–water partition coefficient (Wildman–Crippen LogP) is 4.31. The Bertz CT molecular complexity index is 740. The van der Waals surface area contributed by atoms with E-state index in [4.69, 9.17) is 4.74 Å². The molecule has 0 radical (unpaired) electrons. The van der Waals surface area contributed by atoms with E-state index < -0.39 is 5.97 Å². The molecule has 2 aromatic rings. The third kappa shape index (κ3) is 6.51. The van der Waals surface area contributed by atoms with Gasteiger partial charge in [0.2, 0.25) is 5.91 Å². The van der Waals surface area contributed by atoms with Gasteiger partial charge in [-0.25, -0.2) is 10.2 Å². The second-order valence-electron chi connectivity index (χ2n) is 5.36. The average molecular weight is 403 g/mol. The first-order chi connectivity index (χ1) is 12.1. The first-order valence-corrected chi connectivity index (χ1v) is 8.77. The molecule has 130 valence electrons. The van der Waals surface area contributed by atoms with Crippen LogP contribution in [0.15, 0.2) is 58.1 Å². The lowest BCUT2D eigenvalue weighted by Crippen LogP contribution is -2.16. The van der Waals surface area contributed by atoms with Gasteiger partial charge in [0, 0.05) is 10.9 Å². The van der Waals surface area contributed by atoms with E-state index in [1.807, 2.05) is 6.92 Å². The summed E-state index contributed by atoms with van der Waals surface area (Å²) in [5, 5.41) is 3.90. The highest BCUT2D eigenvalue weighted by atomic mass is 79.9. The van der Waals surface area contributed by atoms with Crippen LogP contribution in [-0.4, -0.2) is 18.1 Å². The molecule has 0 saturated heterocycles. The Morgan fingerprint density at radius 1 is 1.12 bits per heavy atom. The van der Waals surface area contributed by atoms with Crippen LogP contribution in [0.1, 0.15) is 42.1 Å². The van der Waals surface area contributed by atoms with E-state index in [2.05, 4.69) is 26.5 Å². The quantitative estimate of drug-likeness (QED) is 0.324. The number of carbonyl (C=O) groups is 2. The highest BCUT2D eigenvalue weighted by molar-refractivity contribution is 9.10. The summed E-state index contributed by atoms with van der Waals surface area (Å²) in [5.41, 5.74) is 3.75. The molecule has 0 bridgehead atoms. The largest absolute Gasteiger partial charge is 0.423 e. The average Bonchev–Trinajstić information content (AvgIpc) is 2.62. The second kappa shape index (κ2) is 9.74. The molecule has 1 N–H and O–H groups in total. The number of nitrogens with zero attached hydrogens (tertiary/aromatic N) is 1. The summed E-state index contributed by atoms with van der Waals surface area (Å²) in [6.45, 7) is 2.03. The highest BCUT2D eigenvalue weighted by Crippen LogP contribution is 2.15. The van der Waals surface area contributed by atoms with Crippen LogP contribution in [-0.2, 0) is 4.79 Å². The molecule has 0 saturated carbocycles.